The molecule has 9 heterocycles. The molecule has 31 nitrogen and oxygen atoms in total. The molecule has 6 aliphatic rings. The Labute approximate surface area is 787 Å². The SMILES string of the molecule is CC1(S(=O)(=O)Cl)CC1.Cc1cc(N)c2ccccc2c1Oc1ncccc1-c1ccnc(N[C@H]2C[C@H](F)CN(C(=O)OC(C)(C)C)C2)n1.Cc1cc(NS(=O)(=O)C2(C)CC2)c2ccccc2c1Oc1ncccc1-c1ccnc(N[C@@H]2CNC[C@@H](F)C2)n1.Cc1cc(NS(=O)(=O)C2(C)CC2)c2ccccc2c1Oc1ncccc1-c1ccnc(N[C@H]2C[C@H](F)CN(C(=O)OC(C)(C)C)C2)n1. The molecule has 38 heteroatoms. The monoisotopic (exact) mass is 1920 g/mol. The minimum atomic E-state index is -3.56. The number of carbonyl (C=O) groups excluding carboxylic acids is 2. The lowest BCUT2D eigenvalue weighted by Gasteiger charge is -2.36. The maximum Gasteiger partial charge on any atom is 0.410 e. The lowest BCUT2D eigenvalue weighted by Crippen LogP contribution is -2.51. The van der Waals surface area contributed by atoms with Crippen LogP contribution in [0.15, 0.2) is 183 Å². The van der Waals surface area contributed by atoms with Crippen molar-refractivity contribution in [2.75, 3.05) is 70.4 Å². The molecule has 12 aromatic rings. The van der Waals surface area contributed by atoms with E-state index in [2.05, 4.69) is 75.6 Å². The van der Waals surface area contributed by atoms with Crippen molar-refractivity contribution in [2.45, 2.75) is 203 Å². The Balaban J connectivity index is 0.000000148. The van der Waals surface area contributed by atoms with E-state index in [1.807, 2.05) is 118 Å². The first kappa shape index (κ1) is 97.0. The molecule has 3 aliphatic heterocycles. The second kappa shape index (κ2) is 39.4. The summed E-state index contributed by atoms with van der Waals surface area (Å²) in [4.78, 5) is 68.5. The number of piperidine rings is 3. The highest BCUT2D eigenvalue weighted by Gasteiger charge is 2.52. The van der Waals surface area contributed by atoms with Gasteiger partial charge in [-0.3, -0.25) is 9.44 Å². The first-order valence-electron chi connectivity index (χ1n) is 44.6. The number of halogens is 4. The highest BCUT2D eigenvalue weighted by atomic mass is 35.7. The number of hydrogen-bond donors (Lipinski definition) is 7. The van der Waals surface area contributed by atoms with E-state index >= 15 is 0 Å². The Kier molecular flexibility index (Phi) is 28.3. The van der Waals surface area contributed by atoms with Crippen molar-refractivity contribution in [2.24, 2.45) is 0 Å². The molecule has 8 N–H and O–H groups in total. The standard InChI is InChI=1S/C34H39FN6O5S.C30H33FN6O3.C29H31FN6O3S.C4H7ClO2S/c1-21-17-28(40-47(43,44)34(5)13-14-34)24-9-6-7-10-25(24)29(21)45-30-26(11-8-15-36-30)27-12-16-37-31(39-27)38-23-18-22(35)19-41(20-23)32(42)46-33(2,3)4;1-18-14-24(32)21-8-5-6-9-22(21)26(18)39-27-23(10-7-12-33-27)25-11-13-34-28(36-25)35-20-15-19(31)16-37(17-20)29(38)40-30(2,3)4;1-18-14-25(36-40(37,38)29(2)10-11-29)21-6-3-4-7-22(21)26(18)39-27-23(8-5-12-32-27)24-9-13-33-28(35-24)34-20-15-19(30)16-31-17-20;1-4(2-3-4)8(5,6)7/h6-12,15-17,22-23,40H,13-14,18-20H2,1-5H3,(H,37,38,39);5-14,19-20H,15-17,32H2,1-4H3,(H,34,35,36);3-9,12-14,19-20,31,36H,10-11,15-17H2,1-2H3,(H,33,34,35);2-3H2,1H3/t22-,23-;2*19-,20-;/m000./s1. The number of hydrogen-bond acceptors (Lipinski definition) is 27. The van der Waals surface area contributed by atoms with E-state index in [1.54, 1.807) is 148 Å². The van der Waals surface area contributed by atoms with Gasteiger partial charge in [-0.25, -0.2) is 92.9 Å². The Morgan fingerprint density at radius 2 is 0.763 bits per heavy atom. The number of likely N-dealkylation sites (tertiary alicyclic amines) is 2. The van der Waals surface area contributed by atoms with Gasteiger partial charge < -0.3 is 60.5 Å². The third-order valence-electron chi connectivity index (χ3n) is 23.9. The zero-order valence-electron chi connectivity index (χ0n) is 76.9. The number of aryl methyl sites for hydroxylation is 3. The third kappa shape index (κ3) is 23.5. The summed E-state index contributed by atoms with van der Waals surface area (Å²) in [5.74, 6) is 3.77. The third-order valence-corrected chi connectivity index (χ3v) is 31.0. The van der Waals surface area contributed by atoms with Crippen LogP contribution in [-0.4, -0.2) is 193 Å². The van der Waals surface area contributed by atoms with E-state index in [-0.39, 0.29) is 57.1 Å². The minimum Gasteiger partial charge on any atom is -0.444 e. The van der Waals surface area contributed by atoms with Gasteiger partial charge in [-0.05, 0) is 211 Å². The van der Waals surface area contributed by atoms with Crippen molar-refractivity contribution >= 4 is 119 Å². The zero-order chi connectivity index (χ0) is 96.3. The summed E-state index contributed by atoms with van der Waals surface area (Å²) in [6.45, 7) is 23.0. The average molecular weight is 1920 g/mol. The lowest BCUT2D eigenvalue weighted by atomic mass is 10.0. The van der Waals surface area contributed by atoms with E-state index in [1.165, 1.54) is 9.80 Å². The molecule has 3 aliphatic carbocycles. The highest BCUT2D eigenvalue weighted by Crippen LogP contribution is 2.50. The number of ether oxygens (including phenoxy) is 5. The van der Waals surface area contributed by atoms with Gasteiger partial charge in [0.05, 0.1) is 72.5 Å². The van der Waals surface area contributed by atoms with Gasteiger partial charge in [0.15, 0.2) is 0 Å². The maximum atomic E-state index is 14.7. The number of nitrogens with one attached hydrogen (secondary N) is 6. The van der Waals surface area contributed by atoms with Gasteiger partial charge in [0.1, 0.15) is 47.0 Å². The molecule has 0 radical (unpaired) electrons. The van der Waals surface area contributed by atoms with Gasteiger partial charge in [-0.2, -0.15) is 0 Å². The molecule has 3 saturated carbocycles. The van der Waals surface area contributed by atoms with E-state index < -0.39 is 91.3 Å². The number of pyridine rings is 3. The van der Waals surface area contributed by atoms with Gasteiger partial charge in [0.2, 0.25) is 64.6 Å². The van der Waals surface area contributed by atoms with E-state index in [0.717, 1.165) is 56.5 Å². The number of carbonyl (C=O) groups is 2. The van der Waals surface area contributed by atoms with Crippen molar-refractivity contribution in [1.29, 1.82) is 0 Å². The van der Waals surface area contributed by atoms with Crippen LogP contribution in [0.25, 0.3) is 66.1 Å². The molecular formula is C97H110ClF3N18O13S3. The smallest absolute Gasteiger partial charge is 0.410 e. The highest BCUT2D eigenvalue weighted by molar-refractivity contribution is 8.15. The summed E-state index contributed by atoms with van der Waals surface area (Å²) < 4.78 is 150. The molecule has 135 heavy (non-hydrogen) atoms. The van der Waals surface area contributed by atoms with Crippen LogP contribution in [0.5, 0.6) is 34.9 Å². The van der Waals surface area contributed by atoms with Crippen LogP contribution >= 0.6 is 10.7 Å². The van der Waals surface area contributed by atoms with Crippen LogP contribution in [0.1, 0.15) is 137 Å². The number of nitrogen functional groups attached to an aromatic ring is 1. The van der Waals surface area contributed by atoms with Crippen LogP contribution in [0.3, 0.4) is 0 Å². The molecule has 2 amide bonds. The molecule has 0 spiro atoms. The lowest BCUT2D eigenvalue weighted by molar-refractivity contribution is 0.0117. The van der Waals surface area contributed by atoms with Crippen LogP contribution < -0.4 is 50.7 Å². The second-order valence-electron chi connectivity index (χ2n) is 37.5. The van der Waals surface area contributed by atoms with Gasteiger partial charge in [-0.15, -0.1) is 0 Å². The molecule has 712 valence electrons. The molecule has 6 aromatic heterocycles. The summed E-state index contributed by atoms with van der Waals surface area (Å²) in [5.41, 5.74) is 12.6. The van der Waals surface area contributed by atoms with Crippen molar-refractivity contribution in [1.82, 2.24) is 60.0 Å². The molecule has 18 rings (SSSR count). The Morgan fingerprint density at radius 3 is 1.10 bits per heavy atom. The number of alkyl halides is 3. The quantitative estimate of drug-likeness (QED) is 0.0245. The number of fused-ring (bicyclic) bond motifs is 3. The summed E-state index contributed by atoms with van der Waals surface area (Å²) in [5, 5.41) is 17.4. The van der Waals surface area contributed by atoms with Crippen LogP contribution in [0.4, 0.5) is 57.7 Å². The number of anilines is 6. The van der Waals surface area contributed by atoms with E-state index in [4.69, 9.17) is 40.1 Å². The van der Waals surface area contributed by atoms with Crippen LogP contribution in [-0.2, 0) is 38.6 Å². The molecule has 0 bridgehead atoms. The van der Waals surface area contributed by atoms with Crippen molar-refractivity contribution in [3.05, 3.63) is 199 Å². The second-order valence-corrected chi connectivity index (χ2v) is 45.0. The van der Waals surface area contributed by atoms with Crippen molar-refractivity contribution in [3.8, 4) is 68.7 Å². The minimum absolute atomic E-state index is 0.0103. The largest absolute Gasteiger partial charge is 0.444 e. The van der Waals surface area contributed by atoms with Crippen LogP contribution in [0.2, 0.25) is 0 Å². The Bertz CT molecular complexity index is 6800. The van der Waals surface area contributed by atoms with E-state index in [9.17, 15) is 48.0 Å². The summed E-state index contributed by atoms with van der Waals surface area (Å²) >= 11 is 0. The van der Waals surface area contributed by atoms with Crippen molar-refractivity contribution in [3.63, 3.8) is 0 Å². The molecule has 0 unspecified atom stereocenters. The number of amides is 2. The molecule has 6 atom stereocenters. The summed E-state index contributed by atoms with van der Waals surface area (Å²) in [7, 11) is -5.31. The number of nitrogens with zero attached hydrogens (tertiary/aromatic N) is 11. The van der Waals surface area contributed by atoms with Crippen molar-refractivity contribution < 1.29 is 71.7 Å². The van der Waals surface area contributed by atoms with Gasteiger partial charge >= 0.3 is 12.2 Å². The number of sulfonamides is 2. The van der Waals surface area contributed by atoms with Gasteiger partial charge in [0.25, 0.3) is 0 Å². The van der Waals surface area contributed by atoms with Crippen LogP contribution in [0, 0.1) is 20.8 Å². The maximum absolute atomic E-state index is 14.7. The number of rotatable bonds is 22. The number of aromatic nitrogens is 9. The zero-order valence-corrected chi connectivity index (χ0v) is 80.1. The number of nitrogens with two attached hydrogens (primary N) is 1. The first-order chi connectivity index (χ1) is 64.0. The Morgan fingerprint density at radius 1 is 0.430 bits per heavy atom. The molecule has 6 aromatic carbocycles. The fourth-order valence-corrected chi connectivity index (χ4v) is 19.5. The topological polar surface area (TPSA) is 403 Å². The van der Waals surface area contributed by atoms with Gasteiger partial charge in [0, 0.05) is 149 Å². The molecular weight excluding hydrogens is 1810 g/mol. The normalized spacial score (nSPS) is 19.3. The predicted octanol–water partition coefficient (Wildman–Crippen LogP) is 19.3. The molecule has 6 fully saturated rings. The fraction of sp³-hybridized carbons (Fsp3) is 0.392. The number of benzene rings is 6. The average Bonchev–Trinajstić information content (AvgIpc) is 1.65. The predicted molar refractivity (Wildman–Crippen MR) is 519 cm³/mol. The fourth-order valence-electron chi connectivity index (χ4n) is 15.7. The molecule has 3 saturated heterocycles. The van der Waals surface area contributed by atoms with E-state index in [0.29, 0.717) is 148 Å². The van der Waals surface area contributed by atoms with Gasteiger partial charge in [-0.1, -0.05) is 72.8 Å². The Hall–Kier alpha value is -12.6. The summed E-state index contributed by atoms with van der Waals surface area (Å²) in [6.07, 6.45) is 10.1. The summed E-state index contributed by atoms with van der Waals surface area (Å²) in [6, 6.07) is 43.5. The first-order valence-corrected chi connectivity index (χ1v) is 49.8.